The van der Waals surface area contributed by atoms with Gasteiger partial charge in [0.1, 0.15) is 5.75 Å². The fourth-order valence-corrected chi connectivity index (χ4v) is 6.51. The Morgan fingerprint density at radius 2 is 1.68 bits per heavy atom. The lowest BCUT2D eigenvalue weighted by Crippen LogP contribution is -2.40. The molecular weight excluding hydrogens is 485 g/mol. The van der Waals surface area contributed by atoms with Gasteiger partial charge in [0.2, 0.25) is 11.8 Å². The van der Waals surface area contributed by atoms with Gasteiger partial charge in [-0.25, -0.2) is 0 Å². The first-order chi connectivity index (χ1) is 18.2. The molecule has 2 amide bonds. The van der Waals surface area contributed by atoms with Crippen molar-refractivity contribution in [1.29, 1.82) is 0 Å². The summed E-state index contributed by atoms with van der Waals surface area (Å²) in [4.78, 5) is 55.1. The van der Waals surface area contributed by atoms with Gasteiger partial charge in [0.05, 0.1) is 17.5 Å². The second kappa shape index (κ2) is 8.75. The van der Waals surface area contributed by atoms with E-state index in [1.807, 2.05) is 6.08 Å². The summed E-state index contributed by atoms with van der Waals surface area (Å²) in [5.74, 6) is -3.59. The summed E-state index contributed by atoms with van der Waals surface area (Å²) in [7, 11) is -1.75. The van der Waals surface area contributed by atoms with Crippen LogP contribution >= 0.6 is 0 Å². The summed E-state index contributed by atoms with van der Waals surface area (Å²) in [6, 6.07) is 12.5. The first kappa shape index (κ1) is 24.3. The Kier molecular flexibility index (Phi) is 5.59. The quantitative estimate of drug-likeness (QED) is 0.248. The van der Waals surface area contributed by atoms with Crippen LogP contribution in [0.1, 0.15) is 31.2 Å². The van der Waals surface area contributed by atoms with Gasteiger partial charge in [0.15, 0.2) is 11.6 Å². The molecule has 6 rings (SSSR count). The fraction of sp³-hybridized carbons (Fsp3) is 0.241. The van der Waals surface area contributed by atoms with Gasteiger partial charge in [0, 0.05) is 22.6 Å². The predicted octanol–water partition coefficient (Wildman–Crippen LogP) is 1.71. The maximum absolute atomic E-state index is 13.9. The minimum Gasteiger partial charge on any atom is -0.508 e. The maximum atomic E-state index is 13.9. The predicted molar refractivity (Wildman–Crippen MR) is 138 cm³/mol. The molecule has 0 bridgehead atoms. The van der Waals surface area contributed by atoms with Crippen molar-refractivity contribution in [3.63, 3.8) is 0 Å². The second-order valence-corrected chi connectivity index (χ2v) is 10.3. The Hall–Kier alpha value is -4.08. The number of benzene rings is 2. The molecule has 9 heteroatoms. The van der Waals surface area contributed by atoms with Crippen molar-refractivity contribution in [1.82, 2.24) is 0 Å². The van der Waals surface area contributed by atoms with Crippen LogP contribution in [0.15, 0.2) is 83.0 Å². The topological polar surface area (TPSA) is 132 Å². The van der Waals surface area contributed by atoms with E-state index in [4.69, 9.17) is 0 Å². The van der Waals surface area contributed by atoms with Gasteiger partial charge in [0.25, 0.3) is 0 Å². The molecule has 4 unspecified atom stereocenters. The third kappa shape index (κ3) is 3.54. The summed E-state index contributed by atoms with van der Waals surface area (Å²) in [6.45, 7) is 1.60. The molecule has 1 saturated heterocycles. The maximum Gasteiger partial charge on any atom is 0.488 e. The number of imide groups is 1. The third-order valence-electron chi connectivity index (χ3n) is 8.22. The van der Waals surface area contributed by atoms with Gasteiger partial charge in [-0.2, -0.15) is 0 Å². The van der Waals surface area contributed by atoms with Gasteiger partial charge in [-0.05, 0) is 67.1 Å². The van der Waals surface area contributed by atoms with Crippen LogP contribution in [0.3, 0.4) is 0 Å². The Morgan fingerprint density at radius 1 is 0.947 bits per heavy atom. The van der Waals surface area contributed by atoms with Crippen LogP contribution in [0.5, 0.6) is 5.75 Å². The van der Waals surface area contributed by atoms with Crippen LogP contribution in [-0.4, -0.2) is 45.7 Å². The van der Waals surface area contributed by atoms with Gasteiger partial charge in [-0.3, -0.25) is 24.1 Å². The van der Waals surface area contributed by atoms with E-state index < -0.39 is 36.7 Å². The number of carbonyl (C=O) groups is 4. The SMILES string of the molecule is CC1=CC(=O)C2=C(CC3C(=CCC4C(=O)N(c5cccc(B(O)O)c5)C(=O)C43)C2c2ccc(O)cc2)C1=O. The smallest absolute Gasteiger partial charge is 0.488 e. The van der Waals surface area contributed by atoms with E-state index in [0.29, 0.717) is 23.1 Å². The van der Waals surface area contributed by atoms with Gasteiger partial charge >= 0.3 is 7.12 Å². The number of hydrogen-bond acceptors (Lipinski definition) is 7. The van der Waals surface area contributed by atoms with Crippen molar-refractivity contribution in [2.45, 2.75) is 25.7 Å². The molecule has 4 aliphatic rings. The number of phenolic OH excluding ortho intramolecular Hbond substituents is 1. The van der Waals surface area contributed by atoms with Gasteiger partial charge < -0.3 is 15.2 Å². The first-order valence-corrected chi connectivity index (χ1v) is 12.5. The minimum atomic E-state index is -1.75. The molecule has 2 aromatic carbocycles. The zero-order valence-electron chi connectivity index (χ0n) is 20.5. The third-order valence-corrected chi connectivity index (χ3v) is 8.22. The summed E-state index contributed by atoms with van der Waals surface area (Å²) in [5.41, 5.74) is 3.07. The summed E-state index contributed by atoms with van der Waals surface area (Å²) in [5, 5.41) is 29.0. The number of Topliss-reactive ketones (excluding diaryl/α,β-unsaturated/α-hetero) is 1. The molecule has 0 spiro atoms. The van der Waals surface area contributed by atoms with Crippen LogP contribution in [-0.2, 0) is 19.2 Å². The van der Waals surface area contributed by atoms with Gasteiger partial charge in [-0.15, -0.1) is 0 Å². The monoisotopic (exact) mass is 509 g/mol. The van der Waals surface area contributed by atoms with Crippen molar-refractivity contribution < 1.29 is 34.3 Å². The van der Waals surface area contributed by atoms with Crippen molar-refractivity contribution in [3.05, 3.63) is 88.5 Å². The van der Waals surface area contributed by atoms with E-state index in [0.717, 1.165) is 16.0 Å². The van der Waals surface area contributed by atoms with E-state index in [-0.39, 0.29) is 40.8 Å². The van der Waals surface area contributed by atoms with Crippen LogP contribution in [0.25, 0.3) is 0 Å². The van der Waals surface area contributed by atoms with E-state index in [1.165, 1.54) is 30.3 Å². The molecule has 4 atom stereocenters. The molecule has 0 aromatic heterocycles. The molecule has 8 nitrogen and oxygen atoms in total. The number of rotatable bonds is 3. The molecule has 0 radical (unpaired) electrons. The number of phenols is 1. The highest BCUT2D eigenvalue weighted by Crippen LogP contribution is 2.55. The highest BCUT2D eigenvalue weighted by atomic mass is 16.4. The fourth-order valence-electron chi connectivity index (χ4n) is 6.51. The minimum absolute atomic E-state index is 0.0669. The normalized spacial score (nSPS) is 26.6. The van der Waals surface area contributed by atoms with E-state index in [1.54, 1.807) is 31.2 Å². The molecular formula is C29H24BNO7. The standard InChI is InChI=1S/C29H24BNO7/c1-14-11-23(33)26-22(27(14)34)13-21-19(24(26)15-5-7-18(32)8-6-15)9-10-20-25(21)29(36)31(28(20)35)17-4-2-3-16(12-17)30(37)38/h2-9,11-12,20-21,24-25,32,37-38H,10,13H2,1H3. The summed E-state index contributed by atoms with van der Waals surface area (Å²) >= 11 is 0. The van der Waals surface area contributed by atoms with E-state index >= 15 is 0 Å². The number of allylic oxidation sites excluding steroid dienone is 6. The number of carbonyl (C=O) groups excluding carboxylic acids is 4. The molecule has 0 saturated carbocycles. The lowest BCUT2D eigenvalue weighted by atomic mass is 9.59. The number of anilines is 1. The lowest BCUT2D eigenvalue weighted by molar-refractivity contribution is -0.123. The van der Waals surface area contributed by atoms with Crippen molar-refractivity contribution in [2.24, 2.45) is 17.8 Å². The lowest BCUT2D eigenvalue weighted by Gasteiger charge is -2.42. The average Bonchev–Trinajstić information content (AvgIpc) is 3.16. The molecule has 3 N–H and O–H groups in total. The Labute approximate surface area is 218 Å². The number of ketones is 2. The number of hydrogen-bond donors (Lipinski definition) is 3. The molecule has 38 heavy (non-hydrogen) atoms. The van der Waals surface area contributed by atoms with E-state index in [2.05, 4.69) is 0 Å². The molecule has 190 valence electrons. The molecule has 1 fully saturated rings. The van der Waals surface area contributed by atoms with Crippen LogP contribution in [0.4, 0.5) is 5.69 Å². The summed E-state index contributed by atoms with van der Waals surface area (Å²) < 4.78 is 0. The second-order valence-electron chi connectivity index (χ2n) is 10.3. The zero-order valence-corrected chi connectivity index (χ0v) is 20.5. The number of amides is 2. The van der Waals surface area contributed by atoms with Gasteiger partial charge in [-0.1, -0.05) is 35.9 Å². The Morgan fingerprint density at radius 3 is 2.39 bits per heavy atom. The van der Waals surface area contributed by atoms with Crippen LogP contribution in [0, 0.1) is 17.8 Å². The van der Waals surface area contributed by atoms with Crippen LogP contribution < -0.4 is 10.4 Å². The largest absolute Gasteiger partial charge is 0.508 e. The zero-order chi connectivity index (χ0) is 26.9. The highest BCUT2D eigenvalue weighted by Gasteiger charge is 2.56. The average molecular weight is 509 g/mol. The number of nitrogens with zero attached hydrogens (tertiary/aromatic N) is 1. The molecule has 2 aromatic rings. The Bertz CT molecular complexity index is 1520. The molecule has 1 heterocycles. The highest BCUT2D eigenvalue weighted by molar-refractivity contribution is 6.58. The first-order valence-electron chi connectivity index (χ1n) is 12.5. The molecule has 3 aliphatic carbocycles. The summed E-state index contributed by atoms with van der Waals surface area (Å²) in [6.07, 6.45) is 3.76. The molecule has 1 aliphatic heterocycles. The number of fused-ring (bicyclic) bond motifs is 3. The van der Waals surface area contributed by atoms with Crippen molar-refractivity contribution in [3.8, 4) is 5.75 Å². The number of aromatic hydroxyl groups is 1. The van der Waals surface area contributed by atoms with E-state index in [9.17, 15) is 34.3 Å². The Balaban J connectivity index is 1.46. The van der Waals surface area contributed by atoms with Crippen LogP contribution in [0.2, 0.25) is 0 Å². The van der Waals surface area contributed by atoms with Crippen molar-refractivity contribution >= 4 is 41.6 Å². The van der Waals surface area contributed by atoms with Crippen molar-refractivity contribution in [2.75, 3.05) is 4.90 Å².